The fourth-order valence-corrected chi connectivity index (χ4v) is 3.43. The summed E-state index contributed by atoms with van der Waals surface area (Å²) in [5, 5.41) is 3.99. The van der Waals surface area contributed by atoms with Crippen molar-refractivity contribution in [3.05, 3.63) is 32.4 Å². The highest BCUT2D eigenvalue weighted by Crippen LogP contribution is 2.22. The Kier molecular flexibility index (Phi) is 6.32. The Labute approximate surface area is 145 Å². The molecular formula is C16H22ClIN2O. The van der Waals surface area contributed by atoms with Gasteiger partial charge in [-0.3, -0.25) is 4.79 Å². The molecule has 0 spiro atoms. The minimum absolute atomic E-state index is 0.0930. The number of carbonyl (C=O) groups is 1. The van der Waals surface area contributed by atoms with E-state index in [-0.39, 0.29) is 11.9 Å². The van der Waals surface area contributed by atoms with Gasteiger partial charge in [0.25, 0.3) is 5.91 Å². The molecule has 21 heavy (non-hydrogen) atoms. The monoisotopic (exact) mass is 420 g/mol. The number of rotatable bonds is 4. The molecule has 0 saturated carbocycles. The van der Waals surface area contributed by atoms with Gasteiger partial charge in [-0.25, -0.2) is 0 Å². The molecule has 1 heterocycles. The first kappa shape index (κ1) is 17.0. The summed E-state index contributed by atoms with van der Waals surface area (Å²) in [5.74, 6) is 0.685. The molecule has 1 amide bonds. The third-order valence-electron chi connectivity index (χ3n) is 3.96. The standard InChI is InChI=1S/C16H22ClIN2O/c1-11(2)20(10-12-5-7-19-8-6-12)16(21)14-9-13(17)3-4-15(14)18/h3-4,9,11-12,19H,5-8,10H2,1-2H3. The second-order valence-corrected chi connectivity index (χ2v) is 7.47. The Balaban J connectivity index is 2.16. The summed E-state index contributed by atoms with van der Waals surface area (Å²) in [6, 6.07) is 5.71. The number of nitrogens with one attached hydrogen (secondary N) is 1. The van der Waals surface area contributed by atoms with Gasteiger partial charge < -0.3 is 10.2 Å². The van der Waals surface area contributed by atoms with Crippen LogP contribution >= 0.6 is 34.2 Å². The molecular weight excluding hydrogens is 399 g/mol. The molecule has 2 rings (SSSR count). The molecule has 0 radical (unpaired) electrons. The Morgan fingerprint density at radius 3 is 2.71 bits per heavy atom. The van der Waals surface area contributed by atoms with Crippen LogP contribution in [0, 0.1) is 9.49 Å². The summed E-state index contributed by atoms with van der Waals surface area (Å²) in [4.78, 5) is 14.9. The molecule has 0 atom stereocenters. The van der Waals surface area contributed by atoms with Crippen molar-refractivity contribution in [3.8, 4) is 0 Å². The van der Waals surface area contributed by atoms with Crippen LogP contribution in [-0.2, 0) is 0 Å². The Bertz CT molecular complexity index is 501. The lowest BCUT2D eigenvalue weighted by atomic mass is 9.96. The van der Waals surface area contributed by atoms with Crippen LogP contribution < -0.4 is 5.32 Å². The first-order chi connectivity index (χ1) is 9.99. The molecule has 1 fully saturated rings. The second kappa shape index (κ2) is 7.79. The smallest absolute Gasteiger partial charge is 0.255 e. The Morgan fingerprint density at radius 1 is 1.43 bits per heavy atom. The molecule has 1 aliphatic heterocycles. The lowest BCUT2D eigenvalue weighted by molar-refractivity contribution is 0.0657. The van der Waals surface area contributed by atoms with Gasteiger partial charge in [0.2, 0.25) is 0 Å². The van der Waals surface area contributed by atoms with Crippen molar-refractivity contribution in [1.29, 1.82) is 0 Å². The second-order valence-electron chi connectivity index (χ2n) is 5.87. The van der Waals surface area contributed by atoms with Crippen LogP contribution in [0.3, 0.4) is 0 Å². The zero-order valence-electron chi connectivity index (χ0n) is 12.5. The van der Waals surface area contributed by atoms with E-state index in [1.807, 2.05) is 17.0 Å². The van der Waals surface area contributed by atoms with E-state index in [1.54, 1.807) is 6.07 Å². The minimum Gasteiger partial charge on any atom is -0.336 e. The van der Waals surface area contributed by atoms with Gasteiger partial charge in [0, 0.05) is 21.2 Å². The molecule has 5 heteroatoms. The van der Waals surface area contributed by atoms with E-state index in [2.05, 4.69) is 41.8 Å². The lowest BCUT2D eigenvalue weighted by Gasteiger charge is -2.33. The summed E-state index contributed by atoms with van der Waals surface area (Å²) in [6.07, 6.45) is 2.28. The average molecular weight is 421 g/mol. The van der Waals surface area contributed by atoms with Gasteiger partial charge in [0.1, 0.15) is 0 Å². The molecule has 0 unspecified atom stereocenters. The van der Waals surface area contributed by atoms with Crippen LogP contribution in [0.25, 0.3) is 0 Å². The SMILES string of the molecule is CC(C)N(CC1CCNCC1)C(=O)c1cc(Cl)ccc1I. The molecule has 1 saturated heterocycles. The van der Waals surface area contributed by atoms with Crippen molar-refractivity contribution in [3.63, 3.8) is 0 Å². The predicted molar refractivity (Wildman–Crippen MR) is 95.9 cm³/mol. The number of benzene rings is 1. The quantitative estimate of drug-likeness (QED) is 0.752. The van der Waals surface area contributed by atoms with Crippen LogP contribution in [0.4, 0.5) is 0 Å². The van der Waals surface area contributed by atoms with Gasteiger partial charge in [0.05, 0.1) is 5.56 Å². The highest BCUT2D eigenvalue weighted by molar-refractivity contribution is 14.1. The fraction of sp³-hybridized carbons (Fsp3) is 0.562. The van der Waals surface area contributed by atoms with Crippen molar-refractivity contribution in [2.75, 3.05) is 19.6 Å². The van der Waals surface area contributed by atoms with Crippen molar-refractivity contribution in [2.45, 2.75) is 32.7 Å². The van der Waals surface area contributed by atoms with Gasteiger partial charge in [-0.15, -0.1) is 0 Å². The summed E-state index contributed by atoms with van der Waals surface area (Å²) in [6.45, 7) is 7.10. The highest BCUT2D eigenvalue weighted by atomic mass is 127. The van der Waals surface area contributed by atoms with Crippen molar-refractivity contribution in [1.82, 2.24) is 10.2 Å². The molecule has 0 bridgehead atoms. The van der Waals surface area contributed by atoms with E-state index >= 15 is 0 Å². The maximum Gasteiger partial charge on any atom is 0.255 e. The topological polar surface area (TPSA) is 32.3 Å². The molecule has 1 aromatic carbocycles. The molecule has 1 aromatic rings. The normalized spacial score (nSPS) is 16.2. The predicted octanol–water partition coefficient (Wildman–Crippen LogP) is 3.79. The molecule has 3 nitrogen and oxygen atoms in total. The molecule has 1 N–H and O–H groups in total. The van der Waals surface area contributed by atoms with E-state index in [0.29, 0.717) is 16.5 Å². The molecule has 0 aromatic heterocycles. The van der Waals surface area contributed by atoms with Crippen LogP contribution in [0.2, 0.25) is 5.02 Å². The Morgan fingerprint density at radius 2 is 2.10 bits per heavy atom. The Hall–Kier alpha value is -0.330. The van der Waals surface area contributed by atoms with Crippen LogP contribution in [0.5, 0.6) is 0 Å². The van der Waals surface area contributed by atoms with E-state index < -0.39 is 0 Å². The molecule has 0 aliphatic carbocycles. The third-order valence-corrected chi connectivity index (χ3v) is 5.13. The van der Waals surface area contributed by atoms with Gasteiger partial charge in [0.15, 0.2) is 0 Å². The van der Waals surface area contributed by atoms with Gasteiger partial charge in [-0.2, -0.15) is 0 Å². The number of piperidine rings is 1. The summed E-state index contributed by atoms with van der Waals surface area (Å²) >= 11 is 8.26. The molecule has 1 aliphatic rings. The summed E-state index contributed by atoms with van der Waals surface area (Å²) < 4.78 is 0.956. The van der Waals surface area contributed by atoms with Crippen LogP contribution in [0.15, 0.2) is 18.2 Å². The van der Waals surface area contributed by atoms with Crippen LogP contribution in [-0.4, -0.2) is 36.5 Å². The van der Waals surface area contributed by atoms with Crippen LogP contribution in [0.1, 0.15) is 37.0 Å². The number of nitrogens with zero attached hydrogens (tertiary/aromatic N) is 1. The molecule has 116 valence electrons. The van der Waals surface area contributed by atoms with E-state index in [1.165, 1.54) is 0 Å². The summed E-state index contributed by atoms with van der Waals surface area (Å²) in [7, 11) is 0. The average Bonchev–Trinajstić information content (AvgIpc) is 2.47. The van der Waals surface area contributed by atoms with Gasteiger partial charge in [-0.1, -0.05) is 11.6 Å². The van der Waals surface area contributed by atoms with E-state index in [4.69, 9.17) is 11.6 Å². The minimum atomic E-state index is 0.0930. The third kappa shape index (κ3) is 4.57. The lowest BCUT2D eigenvalue weighted by Crippen LogP contribution is -2.43. The zero-order chi connectivity index (χ0) is 15.4. The van der Waals surface area contributed by atoms with Crippen molar-refractivity contribution in [2.24, 2.45) is 5.92 Å². The summed E-state index contributed by atoms with van der Waals surface area (Å²) in [5.41, 5.74) is 0.714. The number of carbonyl (C=O) groups excluding carboxylic acids is 1. The highest BCUT2D eigenvalue weighted by Gasteiger charge is 2.25. The number of amides is 1. The first-order valence-electron chi connectivity index (χ1n) is 7.45. The van der Waals surface area contributed by atoms with Gasteiger partial charge in [-0.05, 0) is 86.5 Å². The fourth-order valence-electron chi connectivity index (χ4n) is 2.69. The number of hydrogen-bond donors (Lipinski definition) is 1. The van der Waals surface area contributed by atoms with Crippen molar-refractivity contribution < 1.29 is 4.79 Å². The van der Waals surface area contributed by atoms with E-state index in [9.17, 15) is 4.79 Å². The van der Waals surface area contributed by atoms with E-state index in [0.717, 1.165) is 36.0 Å². The maximum atomic E-state index is 12.9. The number of hydrogen-bond acceptors (Lipinski definition) is 2. The first-order valence-corrected chi connectivity index (χ1v) is 8.91. The number of halogens is 2. The van der Waals surface area contributed by atoms with Crippen molar-refractivity contribution >= 4 is 40.1 Å². The van der Waals surface area contributed by atoms with Gasteiger partial charge >= 0.3 is 0 Å². The zero-order valence-corrected chi connectivity index (χ0v) is 15.4. The maximum absolute atomic E-state index is 12.9. The largest absolute Gasteiger partial charge is 0.336 e.